The molecule has 17 heavy (non-hydrogen) atoms. The molecule has 0 bridgehead atoms. The van der Waals surface area contributed by atoms with Gasteiger partial charge in [0.2, 0.25) is 0 Å². The molecule has 0 unspecified atom stereocenters. The lowest BCUT2D eigenvalue weighted by Gasteiger charge is -2.19. The number of benzene rings is 1. The van der Waals surface area contributed by atoms with Crippen LogP contribution in [0.25, 0.3) is 0 Å². The van der Waals surface area contributed by atoms with Gasteiger partial charge in [-0.3, -0.25) is 0 Å². The molecule has 0 aliphatic carbocycles. The molecular formula is C13H13NO3. The van der Waals surface area contributed by atoms with Gasteiger partial charge in [0.25, 0.3) is 0 Å². The topological polar surface area (TPSA) is 43.6 Å². The normalized spacial score (nSPS) is 13.4. The zero-order valence-electron chi connectivity index (χ0n) is 9.31. The van der Waals surface area contributed by atoms with Crippen molar-refractivity contribution >= 4 is 5.69 Å². The van der Waals surface area contributed by atoms with Gasteiger partial charge in [0.15, 0.2) is 11.5 Å². The molecule has 4 nitrogen and oxygen atoms in total. The van der Waals surface area contributed by atoms with E-state index in [2.05, 4.69) is 5.32 Å². The molecule has 1 aromatic carbocycles. The van der Waals surface area contributed by atoms with Crippen LogP contribution < -0.4 is 14.8 Å². The summed E-state index contributed by atoms with van der Waals surface area (Å²) in [5, 5.41) is 3.30. The Morgan fingerprint density at radius 1 is 1.06 bits per heavy atom. The zero-order chi connectivity index (χ0) is 11.5. The van der Waals surface area contributed by atoms with Crippen LogP contribution in [-0.2, 0) is 6.54 Å². The first-order chi connectivity index (χ1) is 8.42. The molecule has 0 saturated heterocycles. The number of hydrogen-bond acceptors (Lipinski definition) is 4. The minimum atomic E-state index is 0.609. The molecule has 0 radical (unpaired) electrons. The highest BCUT2D eigenvalue weighted by molar-refractivity contribution is 5.55. The van der Waals surface area contributed by atoms with Gasteiger partial charge >= 0.3 is 0 Å². The van der Waals surface area contributed by atoms with Crippen LogP contribution in [0.3, 0.4) is 0 Å². The van der Waals surface area contributed by atoms with Crippen molar-refractivity contribution in [1.82, 2.24) is 0 Å². The summed E-state index contributed by atoms with van der Waals surface area (Å²) in [7, 11) is 0. The predicted octanol–water partition coefficient (Wildman–Crippen LogP) is 2.66. The molecule has 1 N–H and O–H groups in total. The predicted molar refractivity (Wildman–Crippen MR) is 63.5 cm³/mol. The maximum Gasteiger partial charge on any atom is 0.163 e. The lowest BCUT2D eigenvalue weighted by atomic mass is 10.2. The Morgan fingerprint density at radius 2 is 1.94 bits per heavy atom. The fraction of sp³-hybridized carbons (Fsp3) is 0.231. The first-order valence-electron chi connectivity index (χ1n) is 5.56. The smallest absolute Gasteiger partial charge is 0.163 e. The molecule has 2 aromatic rings. The molecule has 0 spiro atoms. The van der Waals surface area contributed by atoms with Crippen molar-refractivity contribution in [3.63, 3.8) is 0 Å². The van der Waals surface area contributed by atoms with Crippen molar-refractivity contribution in [2.24, 2.45) is 0 Å². The number of furan rings is 1. The molecule has 3 rings (SSSR count). The van der Waals surface area contributed by atoms with Crippen LogP contribution in [0.15, 0.2) is 41.2 Å². The van der Waals surface area contributed by atoms with E-state index in [9.17, 15) is 0 Å². The quantitative estimate of drug-likeness (QED) is 0.882. The van der Waals surface area contributed by atoms with Gasteiger partial charge in [-0.25, -0.2) is 0 Å². The maximum absolute atomic E-state index is 5.52. The fourth-order valence-corrected chi connectivity index (χ4v) is 1.75. The van der Waals surface area contributed by atoms with Gasteiger partial charge in [0.05, 0.1) is 12.5 Å². The molecule has 0 saturated carbocycles. The lowest BCUT2D eigenvalue weighted by molar-refractivity contribution is 0.171. The summed E-state index contributed by atoms with van der Waals surface area (Å²) in [5.74, 6) is 1.61. The van der Waals surface area contributed by atoms with Crippen LogP contribution in [0.5, 0.6) is 11.5 Å². The Morgan fingerprint density at radius 3 is 2.76 bits per heavy atom. The van der Waals surface area contributed by atoms with E-state index in [1.54, 1.807) is 12.5 Å². The number of ether oxygens (including phenoxy) is 2. The molecule has 1 aliphatic rings. The van der Waals surface area contributed by atoms with E-state index >= 15 is 0 Å². The third kappa shape index (κ3) is 2.20. The van der Waals surface area contributed by atoms with Crippen molar-refractivity contribution < 1.29 is 13.9 Å². The van der Waals surface area contributed by atoms with E-state index in [0.717, 1.165) is 29.3 Å². The second kappa shape index (κ2) is 4.41. The van der Waals surface area contributed by atoms with Gasteiger partial charge in [-0.05, 0) is 18.2 Å². The summed E-state index contributed by atoms with van der Waals surface area (Å²) in [4.78, 5) is 0. The van der Waals surface area contributed by atoms with E-state index in [0.29, 0.717) is 13.2 Å². The maximum atomic E-state index is 5.52. The number of fused-ring (bicyclic) bond motifs is 1. The van der Waals surface area contributed by atoms with Gasteiger partial charge in [-0.15, -0.1) is 0 Å². The standard InChI is InChI=1S/C13H13NO3/c1-2-12-13(17-6-5-16-12)7-11(1)14-8-10-3-4-15-9-10/h1-4,7,9,14H,5-6,8H2. The SMILES string of the molecule is c1cc(CNc2ccc3c(c2)OCCO3)co1. The van der Waals surface area contributed by atoms with Gasteiger partial charge in [-0.2, -0.15) is 0 Å². The van der Waals surface area contributed by atoms with Crippen LogP contribution in [0.1, 0.15) is 5.56 Å². The van der Waals surface area contributed by atoms with Crippen molar-refractivity contribution in [2.45, 2.75) is 6.54 Å². The molecule has 0 amide bonds. The number of rotatable bonds is 3. The molecule has 0 fully saturated rings. The first kappa shape index (κ1) is 10.1. The van der Waals surface area contributed by atoms with E-state index in [1.165, 1.54) is 0 Å². The van der Waals surface area contributed by atoms with Crippen LogP contribution in [0, 0.1) is 0 Å². The van der Waals surface area contributed by atoms with Gasteiger partial charge in [0, 0.05) is 23.9 Å². The fourth-order valence-electron chi connectivity index (χ4n) is 1.75. The lowest BCUT2D eigenvalue weighted by Crippen LogP contribution is -2.15. The minimum absolute atomic E-state index is 0.609. The number of hydrogen-bond donors (Lipinski definition) is 1. The van der Waals surface area contributed by atoms with Gasteiger partial charge < -0.3 is 19.2 Å². The van der Waals surface area contributed by atoms with Crippen molar-refractivity contribution in [1.29, 1.82) is 0 Å². The Balaban J connectivity index is 1.71. The molecule has 88 valence electrons. The summed E-state index contributed by atoms with van der Waals surface area (Å²) in [6, 6.07) is 7.79. The number of nitrogens with one attached hydrogen (secondary N) is 1. The third-order valence-electron chi connectivity index (χ3n) is 2.62. The van der Waals surface area contributed by atoms with Crippen LogP contribution in [-0.4, -0.2) is 13.2 Å². The average Bonchev–Trinajstić information content (AvgIpc) is 2.89. The Bertz CT molecular complexity index is 493. The molecule has 4 heteroatoms. The van der Waals surface area contributed by atoms with Crippen LogP contribution in [0.4, 0.5) is 5.69 Å². The highest BCUT2D eigenvalue weighted by Crippen LogP contribution is 2.32. The minimum Gasteiger partial charge on any atom is -0.486 e. The third-order valence-corrected chi connectivity index (χ3v) is 2.62. The summed E-state index contributed by atoms with van der Waals surface area (Å²) >= 11 is 0. The van der Waals surface area contributed by atoms with Crippen molar-refractivity contribution in [3.05, 3.63) is 42.4 Å². The molecule has 1 aromatic heterocycles. The van der Waals surface area contributed by atoms with E-state index in [-0.39, 0.29) is 0 Å². The van der Waals surface area contributed by atoms with E-state index in [4.69, 9.17) is 13.9 Å². The van der Waals surface area contributed by atoms with Crippen LogP contribution >= 0.6 is 0 Å². The van der Waals surface area contributed by atoms with E-state index in [1.807, 2.05) is 24.3 Å². The molecular weight excluding hydrogens is 218 g/mol. The summed E-state index contributed by atoms with van der Waals surface area (Å²) in [6.07, 6.45) is 3.39. The summed E-state index contributed by atoms with van der Waals surface area (Å²) in [6.45, 7) is 1.96. The molecule has 1 aliphatic heterocycles. The second-order valence-electron chi connectivity index (χ2n) is 3.84. The average molecular weight is 231 g/mol. The monoisotopic (exact) mass is 231 g/mol. The molecule has 2 heterocycles. The van der Waals surface area contributed by atoms with Crippen molar-refractivity contribution in [2.75, 3.05) is 18.5 Å². The highest BCUT2D eigenvalue weighted by atomic mass is 16.6. The summed E-state index contributed by atoms with van der Waals surface area (Å²) in [5.41, 5.74) is 2.12. The zero-order valence-corrected chi connectivity index (χ0v) is 9.31. The largest absolute Gasteiger partial charge is 0.486 e. The van der Waals surface area contributed by atoms with Crippen LogP contribution in [0.2, 0.25) is 0 Å². The Kier molecular flexibility index (Phi) is 2.62. The number of anilines is 1. The second-order valence-corrected chi connectivity index (χ2v) is 3.84. The van der Waals surface area contributed by atoms with Gasteiger partial charge in [0.1, 0.15) is 13.2 Å². The molecule has 0 atom stereocenters. The first-order valence-corrected chi connectivity index (χ1v) is 5.56. The van der Waals surface area contributed by atoms with Gasteiger partial charge in [-0.1, -0.05) is 0 Å². The highest BCUT2D eigenvalue weighted by Gasteiger charge is 2.11. The van der Waals surface area contributed by atoms with Crippen molar-refractivity contribution in [3.8, 4) is 11.5 Å². The Labute approximate surface area is 99.1 Å². The summed E-state index contributed by atoms with van der Waals surface area (Å²) < 4.78 is 16.0. The van der Waals surface area contributed by atoms with E-state index < -0.39 is 0 Å². The Hall–Kier alpha value is -2.10.